The molecule has 2 rings (SSSR count). The lowest BCUT2D eigenvalue weighted by Crippen LogP contribution is -2.14. The van der Waals surface area contributed by atoms with Gasteiger partial charge >= 0.3 is 5.97 Å². The van der Waals surface area contributed by atoms with Gasteiger partial charge in [-0.15, -0.1) is 0 Å². The number of benzene rings is 2. The predicted molar refractivity (Wildman–Crippen MR) is 75.6 cm³/mol. The van der Waals surface area contributed by atoms with E-state index in [1.165, 1.54) is 36.4 Å². The number of nitrogens with one attached hydrogen (secondary N) is 1. The Hall–Kier alpha value is -2.12. The molecule has 0 radical (unpaired) electrons. The summed E-state index contributed by atoms with van der Waals surface area (Å²) in [6, 6.07) is 8.62. The number of hydrogen-bond donors (Lipinski definition) is 2. The molecule has 2 aromatic rings. The van der Waals surface area contributed by atoms with E-state index in [4.69, 9.17) is 16.7 Å². The van der Waals surface area contributed by atoms with E-state index in [1.807, 2.05) is 0 Å². The van der Waals surface area contributed by atoms with Gasteiger partial charge in [0, 0.05) is 5.69 Å². The van der Waals surface area contributed by atoms with Gasteiger partial charge in [0.25, 0.3) is 10.0 Å². The molecule has 0 fully saturated rings. The van der Waals surface area contributed by atoms with Crippen molar-refractivity contribution in [2.75, 3.05) is 4.72 Å². The maximum atomic E-state index is 13.7. The molecule has 2 N–H and O–H groups in total. The molecule has 21 heavy (non-hydrogen) atoms. The number of carboxylic acid groups (broad SMARTS) is 1. The molecule has 0 aliphatic heterocycles. The lowest BCUT2D eigenvalue weighted by molar-refractivity contribution is 0.0697. The van der Waals surface area contributed by atoms with E-state index in [9.17, 15) is 17.6 Å². The van der Waals surface area contributed by atoms with Crippen LogP contribution in [0.4, 0.5) is 10.1 Å². The van der Waals surface area contributed by atoms with Gasteiger partial charge in [-0.3, -0.25) is 4.72 Å². The zero-order valence-corrected chi connectivity index (χ0v) is 12.0. The molecule has 0 saturated heterocycles. The Kier molecular flexibility index (Phi) is 4.15. The number of anilines is 1. The Morgan fingerprint density at radius 3 is 2.33 bits per heavy atom. The molecule has 0 aliphatic carbocycles. The van der Waals surface area contributed by atoms with E-state index in [2.05, 4.69) is 4.72 Å². The summed E-state index contributed by atoms with van der Waals surface area (Å²) in [4.78, 5) is 10.1. The summed E-state index contributed by atoms with van der Waals surface area (Å²) < 4.78 is 40.0. The average molecular weight is 330 g/mol. The Bertz CT molecular complexity index is 790. The van der Waals surface area contributed by atoms with Gasteiger partial charge < -0.3 is 5.11 Å². The van der Waals surface area contributed by atoms with E-state index >= 15 is 0 Å². The second-order valence-corrected chi connectivity index (χ2v) is 6.10. The van der Waals surface area contributed by atoms with Gasteiger partial charge in [-0.25, -0.2) is 17.6 Å². The van der Waals surface area contributed by atoms with Crippen LogP contribution in [0.2, 0.25) is 5.02 Å². The first-order chi connectivity index (χ1) is 9.81. The van der Waals surface area contributed by atoms with E-state index in [0.29, 0.717) is 0 Å². The molecule has 0 aromatic heterocycles. The lowest BCUT2D eigenvalue weighted by Gasteiger charge is -2.09. The highest BCUT2D eigenvalue weighted by Crippen LogP contribution is 2.24. The zero-order chi connectivity index (χ0) is 15.6. The summed E-state index contributed by atoms with van der Waals surface area (Å²) in [5.41, 5.74) is 0.117. The molecular formula is C13H9ClFNO4S. The maximum Gasteiger partial charge on any atom is 0.335 e. The second-order valence-electron chi connectivity index (χ2n) is 4.04. The first-order valence-electron chi connectivity index (χ1n) is 5.61. The van der Waals surface area contributed by atoms with Crippen molar-refractivity contribution in [1.82, 2.24) is 0 Å². The zero-order valence-electron chi connectivity index (χ0n) is 10.4. The van der Waals surface area contributed by atoms with Crippen molar-refractivity contribution in [3.05, 3.63) is 58.9 Å². The molecule has 0 bridgehead atoms. The fourth-order valence-corrected chi connectivity index (χ4v) is 2.97. The first kappa shape index (κ1) is 15.3. The molecular weight excluding hydrogens is 321 g/mol. The van der Waals surface area contributed by atoms with Crippen molar-refractivity contribution in [2.24, 2.45) is 0 Å². The predicted octanol–water partition coefficient (Wildman–Crippen LogP) is 2.98. The Morgan fingerprint density at radius 2 is 1.76 bits per heavy atom. The third-order valence-electron chi connectivity index (χ3n) is 2.59. The van der Waals surface area contributed by atoms with Gasteiger partial charge in [-0.2, -0.15) is 0 Å². The fraction of sp³-hybridized carbons (Fsp3) is 0. The van der Waals surface area contributed by atoms with E-state index in [1.54, 1.807) is 0 Å². The monoisotopic (exact) mass is 329 g/mol. The summed E-state index contributed by atoms with van der Waals surface area (Å²) in [6.07, 6.45) is 0. The molecule has 2 aromatic carbocycles. The molecule has 110 valence electrons. The van der Waals surface area contributed by atoms with Crippen LogP contribution in [-0.4, -0.2) is 19.5 Å². The second kappa shape index (κ2) is 5.71. The number of aromatic carboxylic acids is 1. The topological polar surface area (TPSA) is 83.5 Å². The van der Waals surface area contributed by atoms with Crippen LogP contribution in [-0.2, 0) is 10.0 Å². The van der Waals surface area contributed by atoms with Crippen molar-refractivity contribution in [1.29, 1.82) is 0 Å². The largest absolute Gasteiger partial charge is 0.478 e. The van der Waals surface area contributed by atoms with Crippen LogP contribution in [0.25, 0.3) is 0 Å². The van der Waals surface area contributed by atoms with Crippen molar-refractivity contribution in [3.63, 3.8) is 0 Å². The van der Waals surface area contributed by atoms with Gasteiger partial charge in [0.1, 0.15) is 4.90 Å². The molecule has 0 heterocycles. The summed E-state index contributed by atoms with van der Waals surface area (Å²) in [7, 11) is -4.16. The van der Waals surface area contributed by atoms with Crippen LogP contribution in [0, 0.1) is 5.82 Å². The maximum absolute atomic E-state index is 13.7. The highest BCUT2D eigenvalue weighted by molar-refractivity contribution is 7.92. The minimum atomic E-state index is -4.16. The van der Waals surface area contributed by atoms with Gasteiger partial charge in [0.05, 0.1) is 10.6 Å². The summed E-state index contributed by atoms with van der Waals surface area (Å²) in [6.45, 7) is 0. The Morgan fingerprint density at radius 1 is 1.14 bits per heavy atom. The minimum Gasteiger partial charge on any atom is -0.478 e. The summed E-state index contributed by atoms with van der Waals surface area (Å²) in [5.74, 6) is -2.18. The van der Waals surface area contributed by atoms with E-state index in [0.717, 1.165) is 6.07 Å². The van der Waals surface area contributed by atoms with Crippen molar-refractivity contribution >= 4 is 33.3 Å². The molecule has 0 amide bonds. The number of halogens is 2. The van der Waals surface area contributed by atoms with Gasteiger partial charge in [0.15, 0.2) is 5.82 Å². The van der Waals surface area contributed by atoms with Gasteiger partial charge in [-0.05, 0) is 36.4 Å². The molecule has 0 atom stereocenters. The van der Waals surface area contributed by atoms with Crippen LogP contribution < -0.4 is 4.72 Å². The minimum absolute atomic E-state index is 0.00637. The molecule has 0 unspecified atom stereocenters. The van der Waals surface area contributed by atoms with Gasteiger partial charge in [-0.1, -0.05) is 17.7 Å². The highest BCUT2D eigenvalue weighted by atomic mass is 35.5. The molecule has 5 nitrogen and oxygen atoms in total. The third kappa shape index (κ3) is 3.32. The Balaban J connectivity index is 2.33. The fourth-order valence-electron chi connectivity index (χ4n) is 1.58. The van der Waals surface area contributed by atoms with E-state index < -0.39 is 26.7 Å². The average Bonchev–Trinajstić information content (AvgIpc) is 2.41. The van der Waals surface area contributed by atoms with Crippen molar-refractivity contribution in [2.45, 2.75) is 4.90 Å². The first-order valence-corrected chi connectivity index (χ1v) is 7.47. The quantitative estimate of drug-likeness (QED) is 0.903. The van der Waals surface area contributed by atoms with Crippen LogP contribution in [0.15, 0.2) is 47.4 Å². The molecule has 8 heteroatoms. The number of sulfonamides is 1. The van der Waals surface area contributed by atoms with Crippen molar-refractivity contribution in [3.8, 4) is 0 Å². The summed E-state index contributed by atoms with van der Waals surface area (Å²) in [5, 5.41) is 8.44. The summed E-state index contributed by atoms with van der Waals surface area (Å²) >= 11 is 5.55. The normalized spacial score (nSPS) is 11.1. The van der Waals surface area contributed by atoms with Crippen molar-refractivity contribution < 1.29 is 22.7 Å². The van der Waals surface area contributed by atoms with Crippen LogP contribution >= 0.6 is 11.6 Å². The smallest absolute Gasteiger partial charge is 0.335 e. The van der Waals surface area contributed by atoms with E-state index in [-0.39, 0.29) is 16.3 Å². The molecule has 0 saturated carbocycles. The number of carboxylic acids is 1. The third-order valence-corrected chi connectivity index (χ3v) is 4.28. The number of carbonyl (C=O) groups is 1. The van der Waals surface area contributed by atoms with Crippen LogP contribution in [0.3, 0.4) is 0 Å². The number of rotatable bonds is 4. The molecule has 0 spiro atoms. The lowest BCUT2D eigenvalue weighted by atomic mass is 10.2. The Labute approximate surface area is 125 Å². The SMILES string of the molecule is O=C(O)c1ccc(NS(=O)(=O)c2cccc(Cl)c2F)cc1. The standard InChI is InChI=1S/C13H9ClFNO4S/c14-10-2-1-3-11(12(10)15)21(19,20)16-9-6-4-8(5-7-9)13(17)18/h1-7,16H,(H,17,18). The van der Waals surface area contributed by atoms with Crippen LogP contribution in [0.1, 0.15) is 10.4 Å². The molecule has 0 aliphatic rings. The van der Waals surface area contributed by atoms with Gasteiger partial charge in [0.2, 0.25) is 0 Å². The van der Waals surface area contributed by atoms with Crippen LogP contribution in [0.5, 0.6) is 0 Å². The number of hydrogen-bond acceptors (Lipinski definition) is 3. The highest BCUT2D eigenvalue weighted by Gasteiger charge is 2.20.